The Morgan fingerprint density at radius 1 is 1.43 bits per heavy atom. The summed E-state index contributed by atoms with van der Waals surface area (Å²) in [6.45, 7) is 3.96. The zero-order valence-corrected chi connectivity index (χ0v) is 12.9. The molecule has 1 fully saturated rings. The molecule has 0 spiro atoms. The highest BCUT2D eigenvalue weighted by molar-refractivity contribution is 7.92. The van der Waals surface area contributed by atoms with Crippen LogP contribution in [0.15, 0.2) is 23.1 Å². The molecule has 0 aliphatic carbocycles. The summed E-state index contributed by atoms with van der Waals surface area (Å²) in [6.07, 6.45) is 1.43. The van der Waals surface area contributed by atoms with Crippen molar-refractivity contribution in [3.63, 3.8) is 0 Å². The predicted octanol–water partition coefficient (Wildman–Crippen LogP) is -0.475. The predicted molar refractivity (Wildman–Crippen MR) is 77.5 cm³/mol. The first-order valence-electron chi connectivity index (χ1n) is 6.81. The molecule has 2 rings (SSSR count). The third kappa shape index (κ3) is 3.69. The molecule has 0 aromatic carbocycles. The van der Waals surface area contributed by atoms with Gasteiger partial charge in [-0.15, -0.1) is 0 Å². The van der Waals surface area contributed by atoms with Gasteiger partial charge in [0.15, 0.2) is 9.84 Å². The van der Waals surface area contributed by atoms with Gasteiger partial charge in [0, 0.05) is 25.4 Å². The van der Waals surface area contributed by atoms with E-state index in [2.05, 4.69) is 5.10 Å². The minimum atomic E-state index is -3.15. The first-order chi connectivity index (χ1) is 9.79. The molecular weight excluding hydrogens is 294 g/mol. The number of carbonyl (C=O) groups excluding carboxylic acids is 1. The second-order valence-corrected chi connectivity index (χ2v) is 7.99. The maximum Gasteiger partial charge on any atom is 0.267 e. The molecule has 1 amide bonds. The lowest BCUT2D eigenvalue weighted by Crippen LogP contribution is -2.58. The van der Waals surface area contributed by atoms with Crippen molar-refractivity contribution < 1.29 is 13.2 Å². The Morgan fingerprint density at radius 3 is 2.67 bits per heavy atom. The SMILES string of the molecule is CC(C)CS(=O)(=O)C1CN(C(=O)Cn2ncccc2=O)C1. The van der Waals surface area contributed by atoms with Crippen molar-refractivity contribution in [1.82, 2.24) is 14.7 Å². The average molecular weight is 313 g/mol. The molecule has 0 unspecified atom stereocenters. The lowest BCUT2D eigenvalue weighted by atomic mass is 10.2. The number of amides is 1. The molecule has 116 valence electrons. The molecule has 8 heteroatoms. The fourth-order valence-electron chi connectivity index (χ4n) is 2.20. The van der Waals surface area contributed by atoms with Crippen LogP contribution in [0, 0.1) is 5.92 Å². The maximum atomic E-state index is 12.0. The van der Waals surface area contributed by atoms with Crippen molar-refractivity contribution in [1.29, 1.82) is 0 Å². The van der Waals surface area contributed by atoms with Gasteiger partial charge < -0.3 is 4.90 Å². The minimum absolute atomic E-state index is 0.0758. The van der Waals surface area contributed by atoms with Gasteiger partial charge in [-0.05, 0) is 12.0 Å². The Balaban J connectivity index is 1.92. The molecule has 2 heterocycles. The molecule has 0 saturated carbocycles. The summed E-state index contributed by atoms with van der Waals surface area (Å²) < 4.78 is 25.1. The van der Waals surface area contributed by atoms with E-state index >= 15 is 0 Å². The molecule has 21 heavy (non-hydrogen) atoms. The van der Waals surface area contributed by atoms with E-state index < -0.39 is 15.1 Å². The summed E-state index contributed by atoms with van der Waals surface area (Å²) in [5.74, 6) is -0.0713. The van der Waals surface area contributed by atoms with Gasteiger partial charge in [0.05, 0.1) is 11.0 Å². The van der Waals surface area contributed by atoms with Gasteiger partial charge in [-0.3, -0.25) is 9.59 Å². The summed E-state index contributed by atoms with van der Waals surface area (Å²) in [5, 5.41) is 3.32. The van der Waals surface area contributed by atoms with Crippen LogP contribution in [0.25, 0.3) is 0 Å². The second kappa shape index (κ2) is 5.97. The number of sulfone groups is 1. The zero-order chi connectivity index (χ0) is 15.6. The van der Waals surface area contributed by atoms with Gasteiger partial charge in [0.25, 0.3) is 5.56 Å². The minimum Gasteiger partial charge on any atom is -0.338 e. The van der Waals surface area contributed by atoms with E-state index in [0.717, 1.165) is 4.68 Å². The highest BCUT2D eigenvalue weighted by Gasteiger charge is 2.39. The molecule has 0 atom stereocenters. The van der Waals surface area contributed by atoms with Crippen LogP contribution in [-0.2, 0) is 21.2 Å². The van der Waals surface area contributed by atoms with Crippen LogP contribution in [-0.4, -0.2) is 53.1 Å². The van der Waals surface area contributed by atoms with E-state index in [1.807, 2.05) is 13.8 Å². The maximum absolute atomic E-state index is 12.0. The van der Waals surface area contributed by atoms with Crippen LogP contribution < -0.4 is 5.56 Å². The topological polar surface area (TPSA) is 89.3 Å². The molecule has 0 bridgehead atoms. The molecule has 1 saturated heterocycles. The van der Waals surface area contributed by atoms with E-state index in [-0.39, 0.29) is 42.8 Å². The molecule has 0 radical (unpaired) electrons. The molecule has 1 aromatic rings. The van der Waals surface area contributed by atoms with Crippen LogP contribution in [0.4, 0.5) is 0 Å². The zero-order valence-electron chi connectivity index (χ0n) is 12.1. The Labute approximate surface area is 123 Å². The first-order valence-corrected chi connectivity index (χ1v) is 8.52. The quantitative estimate of drug-likeness (QED) is 0.733. The van der Waals surface area contributed by atoms with Gasteiger partial charge in [0.1, 0.15) is 6.54 Å². The summed E-state index contributed by atoms with van der Waals surface area (Å²) in [4.78, 5) is 24.9. The monoisotopic (exact) mass is 313 g/mol. The van der Waals surface area contributed by atoms with Crippen molar-refractivity contribution >= 4 is 15.7 Å². The summed E-state index contributed by atoms with van der Waals surface area (Å²) in [7, 11) is -3.15. The number of nitrogens with zero attached hydrogens (tertiary/aromatic N) is 3. The highest BCUT2D eigenvalue weighted by Crippen LogP contribution is 2.19. The standard InChI is InChI=1S/C13H19N3O4S/c1-10(2)9-21(19,20)11-6-15(7-11)13(18)8-16-12(17)4-3-5-14-16/h3-5,10-11H,6-9H2,1-2H3. The van der Waals surface area contributed by atoms with Gasteiger partial charge in [-0.25, -0.2) is 13.1 Å². The van der Waals surface area contributed by atoms with E-state index in [0.29, 0.717) is 0 Å². The number of rotatable bonds is 5. The van der Waals surface area contributed by atoms with E-state index in [1.54, 1.807) is 0 Å². The van der Waals surface area contributed by atoms with Gasteiger partial charge in [-0.1, -0.05) is 13.8 Å². The van der Waals surface area contributed by atoms with Crippen molar-refractivity contribution in [2.24, 2.45) is 5.92 Å². The first kappa shape index (κ1) is 15.7. The third-order valence-electron chi connectivity index (χ3n) is 3.34. The van der Waals surface area contributed by atoms with E-state index in [1.165, 1.54) is 23.2 Å². The largest absolute Gasteiger partial charge is 0.338 e. The fourth-order valence-corrected chi connectivity index (χ4v) is 4.22. The Bertz CT molecular complexity index is 675. The Kier molecular flexibility index (Phi) is 4.46. The number of likely N-dealkylation sites (tertiary alicyclic amines) is 1. The molecule has 1 aliphatic rings. The van der Waals surface area contributed by atoms with Crippen LogP contribution in [0.3, 0.4) is 0 Å². The second-order valence-electron chi connectivity index (χ2n) is 5.66. The molecule has 0 N–H and O–H groups in total. The summed E-state index contributed by atoms with van der Waals surface area (Å²) in [6, 6.07) is 2.83. The molecule has 1 aromatic heterocycles. The Hall–Kier alpha value is -1.70. The average Bonchev–Trinajstić information content (AvgIpc) is 2.27. The van der Waals surface area contributed by atoms with Crippen LogP contribution >= 0.6 is 0 Å². The van der Waals surface area contributed by atoms with Gasteiger partial charge in [0.2, 0.25) is 5.91 Å². The van der Waals surface area contributed by atoms with Crippen molar-refractivity contribution in [3.05, 3.63) is 28.7 Å². The lowest BCUT2D eigenvalue weighted by Gasteiger charge is -2.38. The van der Waals surface area contributed by atoms with Crippen molar-refractivity contribution in [3.8, 4) is 0 Å². The van der Waals surface area contributed by atoms with Crippen LogP contribution in [0.1, 0.15) is 13.8 Å². The number of hydrogen-bond donors (Lipinski definition) is 0. The smallest absolute Gasteiger partial charge is 0.267 e. The van der Waals surface area contributed by atoms with E-state index in [9.17, 15) is 18.0 Å². The molecular formula is C13H19N3O4S. The third-order valence-corrected chi connectivity index (χ3v) is 5.79. The van der Waals surface area contributed by atoms with Crippen LogP contribution in [0.2, 0.25) is 0 Å². The number of hydrogen-bond acceptors (Lipinski definition) is 5. The van der Waals surface area contributed by atoms with Gasteiger partial charge in [-0.2, -0.15) is 5.10 Å². The van der Waals surface area contributed by atoms with Crippen LogP contribution in [0.5, 0.6) is 0 Å². The lowest BCUT2D eigenvalue weighted by molar-refractivity contribution is -0.135. The highest BCUT2D eigenvalue weighted by atomic mass is 32.2. The fraction of sp³-hybridized carbons (Fsp3) is 0.615. The van der Waals surface area contributed by atoms with E-state index in [4.69, 9.17) is 0 Å². The van der Waals surface area contributed by atoms with Gasteiger partial charge >= 0.3 is 0 Å². The Morgan fingerprint density at radius 2 is 2.10 bits per heavy atom. The summed E-state index contributed by atoms with van der Waals surface area (Å²) in [5.41, 5.74) is -0.352. The number of carbonyl (C=O) groups is 1. The van der Waals surface area contributed by atoms with Crippen molar-refractivity contribution in [2.45, 2.75) is 25.6 Å². The molecule has 1 aliphatic heterocycles. The summed E-state index contributed by atoms with van der Waals surface area (Å²) >= 11 is 0. The normalized spacial score (nSPS) is 16.0. The molecule has 7 nitrogen and oxygen atoms in total. The van der Waals surface area contributed by atoms with Crippen molar-refractivity contribution in [2.75, 3.05) is 18.8 Å². The number of aromatic nitrogens is 2.